The molecule has 0 spiro atoms. The van der Waals surface area contributed by atoms with Crippen LogP contribution in [0.15, 0.2) is 71.0 Å². The van der Waals surface area contributed by atoms with Gasteiger partial charge >= 0.3 is 35.9 Å². The van der Waals surface area contributed by atoms with Crippen LogP contribution in [0, 0.1) is 0 Å². The molecular weight excluding hydrogens is 976 g/mol. The van der Waals surface area contributed by atoms with Crippen LogP contribution in [0.4, 0.5) is 9.59 Å². The van der Waals surface area contributed by atoms with Gasteiger partial charge in [0.15, 0.2) is 6.54 Å². The minimum absolute atomic E-state index is 0. The van der Waals surface area contributed by atoms with Gasteiger partial charge in [-0.25, -0.2) is 19.2 Å². The average molecular weight is 1020 g/mol. The number of benzene rings is 1. The Bertz CT molecular complexity index is 2170. The van der Waals surface area contributed by atoms with E-state index in [4.69, 9.17) is 9.47 Å². The molecule has 3 aliphatic rings. The summed E-state index contributed by atoms with van der Waals surface area (Å²) in [7, 11) is 0. The number of ether oxygens (including phenoxy) is 2. The van der Waals surface area contributed by atoms with Crippen molar-refractivity contribution in [2.45, 2.75) is 81.6 Å². The number of esters is 1. The van der Waals surface area contributed by atoms with Gasteiger partial charge in [0.1, 0.15) is 28.3 Å². The Morgan fingerprint density at radius 3 is 2.19 bits per heavy atom. The topological polar surface area (TPSA) is 245 Å². The Balaban J connectivity index is 0.00000871. The average Bonchev–Trinajstić information content (AvgIpc) is 3.20. The summed E-state index contributed by atoms with van der Waals surface area (Å²) in [5.74, 6) is -5.83. The van der Waals surface area contributed by atoms with Crippen LogP contribution in [0.3, 0.4) is 0 Å². The summed E-state index contributed by atoms with van der Waals surface area (Å²) >= 11 is 2.32. The van der Waals surface area contributed by atoms with Crippen molar-refractivity contribution in [1.82, 2.24) is 30.7 Å². The van der Waals surface area contributed by atoms with Crippen molar-refractivity contribution < 1.29 is 86.4 Å². The van der Waals surface area contributed by atoms with Gasteiger partial charge < -0.3 is 59.4 Å². The fraction of sp³-hybridized carbons (Fsp3) is 0.450. The van der Waals surface area contributed by atoms with E-state index in [-0.39, 0.29) is 72.8 Å². The highest BCUT2D eigenvalue weighted by Crippen LogP contribution is 2.46. The third kappa shape index (κ3) is 11.6. The molecule has 1 aromatic carbocycles. The van der Waals surface area contributed by atoms with Crippen LogP contribution < -0.4 is 49.6 Å². The van der Waals surface area contributed by atoms with Crippen molar-refractivity contribution >= 4 is 77.6 Å². The lowest BCUT2D eigenvalue weighted by Gasteiger charge is -2.56. The van der Waals surface area contributed by atoms with E-state index in [9.17, 15) is 48.3 Å². The Morgan fingerprint density at radius 1 is 0.984 bits per heavy atom. The Labute approximate surface area is 388 Å². The molecule has 0 unspecified atom stereocenters. The molecule has 2 saturated heterocycles. The maximum atomic E-state index is 14.1. The zero-order valence-corrected chi connectivity index (χ0v) is 39.3. The van der Waals surface area contributed by atoms with Gasteiger partial charge in [-0.05, 0) is 59.6 Å². The molecule has 63 heavy (non-hydrogen) atoms. The third-order valence-electron chi connectivity index (χ3n) is 9.34. The number of nitrogens with one attached hydrogen (secondary N) is 3. The van der Waals surface area contributed by atoms with Crippen molar-refractivity contribution in [3.05, 3.63) is 71.7 Å². The molecular formula is C40H49IN8O12S2. The fourth-order valence-corrected chi connectivity index (χ4v) is 9.02. The van der Waals surface area contributed by atoms with Crippen LogP contribution in [0.5, 0.6) is 0 Å². The number of carboxylic acids is 1. The number of carbonyl (C=O) groups is 9. The number of aliphatic carboxylic acids is 1. The number of aromatic nitrogens is 1. The molecule has 0 aliphatic carbocycles. The van der Waals surface area contributed by atoms with Crippen molar-refractivity contribution in [2.75, 3.05) is 42.7 Å². The summed E-state index contributed by atoms with van der Waals surface area (Å²) in [6, 6.07) is 8.57. The first-order valence-electron chi connectivity index (χ1n) is 19.4. The summed E-state index contributed by atoms with van der Waals surface area (Å²) in [5, 5.41) is 17.7. The van der Waals surface area contributed by atoms with E-state index in [2.05, 4.69) is 16.0 Å². The van der Waals surface area contributed by atoms with Crippen LogP contribution in [-0.4, -0.2) is 134 Å². The van der Waals surface area contributed by atoms with Crippen LogP contribution in [0.1, 0.15) is 60.1 Å². The summed E-state index contributed by atoms with van der Waals surface area (Å²) in [6.45, 7) is 11.6. The van der Waals surface area contributed by atoms with Gasteiger partial charge in [-0.2, -0.15) is 0 Å². The number of imide groups is 1. The lowest BCUT2D eigenvalue weighted by Crippen LogP contribution is -3.00. The smallest absolute Gasteiger partial charge is 0.464 e. The normalized spacial score (nSPS) is 19.1. The van der Waals surface area contributed by atoms with E-state index < -0.39 is 82.5 Å². The van der Waals surface area contributed by atoms with E-state index in [0.29, 0.717) is 15.4 Å². The molecule has 3 aliphatic heterocycles. The van der Waals surface area contributed by atoms with E-state index in [0.717, 1.165) is 21.7 Å². The highest BCUT2D eigenvalue weighted by molar-refractivity contribution is 8.01. The second-order valence-electron chi connectivity index (χ2n) is 16.1. The number of halogens is 1. The van der Waals surface area contributed by atoms with Gasteiger partial charge in [-0.15, -0.1) is 23.5 Å². The summed E-state index contributed by atoms with van der Waals surface area (Å²) in [4.78, 5) is 121. The number of hydrogen-bond acceptors (Lipinski definition) is 13. The van der Waals surface area contributed by atoms with Crippen LogP contribution in [0.25, 0.3) is 0 Å². The first-order valence-corrected chi connectivity index (χ1v) is 21.4. The zero-order valence-electron chi connectivity index (χ0n) is 35.5. The number of likely N-dealkylation sites (N-methyl/N-ethyl adjacent to an activating group) is 1. The van der Waals surface area contributed by atoms with Crippen molar-refractivity contribution in [3.8, 4) is 0 Å². The molecule has 0 saturated carbocycles. The first kappa shape index (κ1) is 50.2. The second-order valence-corrected chi connectivity index (χ2v) is 18.2. The van der Waals surface area contributed by atoms with Gasteiger partial charge in [0.05, 0.1) is 0 Å². The molecule has 2 fully saturated rings. The zero-order chi connectivity index (χ0) is 45.7. The molecule has 8 amide bonds. The number of hydrogen-bond donors (Lipinski definition) is 4. The first-order chi connectivity index (χ1) is 29.1. The predicted molar refractivity (Wildman–Crippen MR) is 222 cm³/mol. The number of amides is 8. The Hall–Kier alpha value is -5.43. The summed E-state index contributed by atoms with van der Waals surface area (Å²) < 4.78 is 12.3. The monoisotopic (exact) mass is 1020 g/mol. The number of piperazine rings is 1. The lowest BCUT2D eigenvalue weighted by atomic mass is 9.94. The minimum Gasteiger partial charge on any atom is -1.00 e. The molecule has 23 heteroatoms. The fourth-order valence-electron chi connectivity index (χ4n) is 6.58. The van der Waals surface area contributed by atoms with Crippen molar-refractivity contribution in [2.24, 2.45) is 0 Å². The Kier molecular flexibility index (Phi) is 16.2. The molecule has 1 aromatic heterocycles. The maximum absolute atomic E-state index is 14.1. The van der Waals surface area contributed by atoms with Crippen LogP contribution in [-0.2, 0) is 43.0 Å². The number of thioether (sulfide) groups is 2. The molecule has 4 N–H and O–H groups in total. The number of pyridine rings is 1. The van der Waals surface area contributed by atoms with E-state index >= 15 is 0 Å². The van der Waals surface area contributed by atoms with Crippen molar-refractivity contribution in [1.29, 1.82) is 0 Å². The third-order valence-corrected chi connectivity index (χ3v) is 11.8. The lowest BCUT2D eigenvalue weighted by molar-refractivity contribution is -0.683. The van der Waals surface area contributed by atoms with Gasteiger partial charge in [0.2, 0.25) is 30.4 Å². The molecule has 0 radical (unpaired) electrons. The largest absolute Gasteiger partial charge is 1.00 e. The number of nitrogens with zero attached hydrogens (tertiary/aromatic N) is 5. The number of β-lactam (4-membered cyclic amide) rings is 1. The predicted octanol–water partition coefficient (Wildman–Crippen LogP) is -1.76. The molecule has 20 nitrogen and oxygen atoms in total. The van der Waals surface area contributed by atoms with Gasteiger partial charge in [0.25, 0.3) is 5.91 Å². The molecule has 0 bridgehead atoms. The number of urea groups is 1. The van der Waals surface area contributed by atoms with E-state index in [1.54, 1.807) is 78.8 Å². The standard InChI is InChI=1S/C40H48N8O12S2.HI/c1-8-44-18-19-46(32(53)31(44)52)36(57)42-28(24-12-10-9-11-13-24)30(51)43-40(41-23-49)34(56)48-29(33(54)55)25(22-62-35(40)48)21-61-26-14-16-45(17-15-26)47(37(58)60-39(5,6)7)20-27(50)59-38(2,3)4;/h9-17,23,28,35H,8,18-22H2,1-7H3,(H3-,41,42,43,49,51,54,55,57);1H/t28-,35-,40-;/m1./s1. The highest BCUT2D eigenvalue weighted by Gasteiger charge is 2.66. The van der Waals surface area contributed by atoms with Crippen LogP contribution >= 0.6 is 23.5 Å². The number of carbonyl (C=O) groups excluding carboxylic acids is 8. The minimum atomic E-state index is -2.13. The summed E-state index contributed by atoms with van der Waals surface area (Å²) in [5.41, 5.74) is -3.54. The maximum Gasteiger partial charge on any atom is 0.464 e. The van der Waals surface area contributed by atoms with Gasteiger partial charge in [-0.1, -0.05) is 40.0 Å². The van der Waals surface area contributed by atoms with Crippen LogP contribution in [0.2, 0.25) is 0 Å². The molecule has 3 atom stereocenters. The van der Waals surface area contributed by atoms with Gasteiger partial charge in [0, 0.05) is 48.2 Å². The SMILES string of the molecule is CCN1CCN(C(=O)N[C@@H](C(=O)N[C@]2(NC=O)C(=O)N3C(C(=O)O)=C(CSc4cc[n+](N(CC(=O)OC(C)(C)C)C(=O)OC(C)(C)C)cc4)CS[C@@H]32)c2ccccc2)C(=O)C1=O.[I-]. The van der Waals surface area contributed by atoms with Crippen molar-refractivity contribution in [3.63, 3.8) is 0 Å². The van der Waals surface area contributed by atoms with E-state index in [1.807, 2.05) is 0 Å². The number of fused-ring (bicyclic) bond motifs is 1. The quantitative estimate of drug-likeness (QED) is 0.0240. The van der Waals surface area contributed by atoms with Gasteiger partial charge in [-0.3, -0.25) is 33.8 Å². The number of rotatable bonds is 14. The summed E-state index contributed by atoms with van der Waals surface area (Å²) in [6.07, 6.45) is 2.43. The second kappa shape index (κ2) is 20.4. The van der Waals surface area contributed by atoms with E-state index in [1.165, 1.54) is 45.9 Å². The molecule has 2 aromatic rings. The molecule has 5 rings (SSSR count). The number of carboxylic acid groups (broad SMARTS) is 1. The highest BCUT2D eigenvalue weighted by atomic mass is 127. The Morgan fingerprint density at radius 2 is 1.62 bits per heavy atom. The molecule has 340 valence electrons. The molecule has 4 heterocycles.